The van der Waals surface area contributed by atoms with Gasteiger partial charge in [-0.1, -0.05) is 63.2 Å². The van der Waals surface area contributed by atoms with Crippen molar-refractivity contribution < 1.29 is 33.3 Å². The number of rotatable bonds is 16. The second-order valence-electron chi connectivity index (χ2n) is 11.6. The molecule has 5 rings (SSSR count). The summed E-state index contributed by atoms with van der Waals surface area (Å²) in [5.74, 6) is 0.451. The summed E-state index contributed by atoms with van der Waals surface area (Å²) < 4.78 is 24.3. The SMILES string of the molecule is CCCC(=O)OCOc1c(Cc2ccc(OC(=O)CCC)cc2)nc2c(Cc3ccccc3)nc(-c3ccc(OC(=O)CCC)cc3)cn12. The highest BCUT2D eigenvalue weighted by Crippen LogP contribution is 2.30. The Hall–Kier alpha value is -5.51. The van der Waals surface area contributed by atoms with Crippen molar-refractivity contribution >= 4 is 23.6 Å². The zero-order valence-electron chi connectivity index (χ0n) is 28.1. The molecule has 2 aromatic heterocycles. The van der Waals surface area contributed by atoms with Gasteiger partial charge in [0.1, 0.15) is 17.2 Å². The van der Waals surface area contributed by atoms with E-state index in [0.717, 1.165) is 22.4 Å². The van der Waals surface area contributed by atoms with Crippen LogP contribution in [-0.2, 0) is 32.0 Å². The number of aromatic nitrogens is 3. The third kappa shape index (κ3) is 9.53. The number of benzene rings is 3. The molecule has 49 heavy (non-hydrogen) atoms. The monoisotopic (exact) mass is 663 g/mol. The van der Waals surface area contributed by atoms with Crippen LogP contribution in [0.1, 0.15) is 81.8 Å². The van der Waals surface area contributed by atoms with E-state index in [-0.39, 0.29) is 31.1 Å². The molecule has 0 spiro atoms. The number of carbonyl (C=O) groups excluding carboxylic acids is 3. The molecule has 0 unspecified atom stereocenters. The number of ether oxygens (including phenoxy) is 4. The fourth-order valence-corrected chi connectivity index (χ4v) is 5.21. The maximum atomic E-state index is 12.2. The zero-order valence-corrected chi connectivity index (χ0v) is 28.1. The van der Waals surface area contributed by atoms with Crippen molar-refractivity contribution in [3.05, 3.63) is 108 Å². The van der Waals surface area contributed by atoms with Crippen LogP contribution in [0.4, 0.5) is 0 Å². The van der Waals surface area contributed by atoms with Gasteiger partial charge in [-0.05, 0) is 66.8 Å². The van der Waals surface area contributed by atoms with E-state index in [4.69, 9.17) is 28.9 Å². The zero-order chi connectivity index (χ0) is 34.6. The molecule has 0 amide bonds. The van der Waals surface area contributed by atoms with Crippen molar-refractivity contribution in [1.29, 1.82) is 0 Å². The molecule has 5 aromatic rings. The van der Waals surface area contributed by atoms with E-state index in [1.165, 1.54) is 0 Å². The summed E-state index contributed by atoms with van der Waals surface area (Å²) >= 11 is 0. The van der Waals surface area contributed by atoms with E-state index in [1.807, 2.05) is 86.0 Å². The standard InChI is InChI=1S/C39H41N3O7/c1-4-10-35(43)46-26-47-39-33(24-28-15-19-30(20-16-28)48-36(44)11-5-2)41-38-32(23-27-13-8-7-9-14-27)40-34(25-42(38)39)29-17-21-31(22-18-29)49-37(45)12-6-3/h7-9,13-22,25H,4-6,10-12,23-24,26H2,1-3H3. The van der Waals surface area contributed by atoms with Crippen molar-refractivity contribution in [3.63, 3.8) is 0 Å². The van der Waals surface area contributed by atoms with Crippen LogP contribution in [0.25, 0.3) is 16.9 Å². The molecule has 0 saturated heterocycles. The van der Waals surface area contributed by atoms with Gasteiger partial charge in [0.15, 0.2) is 5.65 Å². The Morgan fingerprint density at radius 1 is 0.633 bits per heavy atom. The summed E-state index contributed by atoms with van der Waals surface area (Å²) in [4.78, 5) is 46.3. The molecule has 0 aliphatic rings. The number of fused-ring (bicyclic) bond motifs is 1. The van der Waals surface area contributed by atoms with Crippen LogP contribution in [0, 0.1) is 0 Å². The Labute approximate surface area is 286 Å². The largest absolute Gasteiger partial charge is 0.440 e. The Kier molecular flexibility index (Phi) is 12.1. The van der Waals surface area contributed by atoms with Crippen LogP contribution in [0.2, 0.25) is 0 Å². The molecule has 0 aliphatic carbocycles. The van der Waals surface area contributed by atoms with Gasteiger partial charge >= 0.3 is 17.9 Å². The molecule has 0 radical (unpaired) electrons. The van der Waals surface area contributed by atoms with Gasteiger partial charge in [-0.2, -0.15) is 0 Å². The summed E-state index contributed by atoms with van der Waals surface area (Å²) in [5.41, 5.74) is 5.37. The molecule has 254 valence electrons. The highest BCUT2D eigenvalue weighted by Gasteiger charge is 2.21. The van der Waals surface area contributed by atoms with Crippen molar-refractivity contribution in [2.24, 2.45) is 0 Å². The molecule has 3 aromatic carbocycles. The Morgan fingerprint density at radius 3 is 1.80 bits per heavy atom. The van der Waals surface area contributed by atoms with E-state index in [0.29, 0.717) is 79.4 Å². The van der Waals surface area contributed by atoms with E-state index >= 15 is 0 Å². The average Bonchev–Trinajstić information content (AvgIpc) is 3.43. The van der Waals surface area contributed by atoms with Crippen LogP contribution in [0.3, 0.4) is 0 Å². The quantitative estimate of drug-likeness (QED) is 0.0595. The molecule has 2 heterocycles. The number of imidazole rings is 1. The summed E-state index contributed by atoms with van der Waals surface area (Å²) in [6.45, 7) is 5.48. The van der Waals surface area contributed by atoms with Crippen LogP contribution in [0.5, 0.6) is 17.4 Å². The number of nitrogens with zero attached hydrogens (tertiary/aromatic N) is 3. The minimum absolute atomic E-state index is 0.273. The van der Waals surface area contributed by atoms with Gasteiger partial charge in [0, 0.05) is 43.9 Å². The lowest BCUT2D eigenvalue weighted by atomic mass is 10.1. The van der Waals surface area contributed by atoms with Crippen molar-refractivity contribution in [3.8, 4) is 28.6 Å². The number of esters is 3. The topological polar surface area (TPSA) is 118 Å². The van der Waals surface area contributed by atoms with Crippen LogP contribution >= 0.6 is 0 Å². The fourth-order valence-electron chi connectivity index (χ4n) is 5.21. The van der Waals surface area contributed by atoms with Gasteiger partial charge in [0.2, 0.25) is 12.7 Å². The van der Waals surface area contributed by atoms with Crippen molar-refractivity contribution in [2.75, 3.05) is 6.79 Å². The lowest BCUT2D eigenvalue weighted by Crippen LogP contribution is -2.12. The van der Waals surface area contributed by atoms with Gasteiger partial charge in [-0.15, -0.1) is 0 Å². The lowest BCUT2D eigenvalue weighted by molar-refractivity contribution is -0.150. The van der Waals surface area contributed by atoms with E-state index in [1.54, 1.807) is 24.3 Å². The van der Waals surface area contributed by atoms with Crippen LogP contribution in [0.15, 0.2) is 85.1 Å². The third-order valence-corrected chi connectivity index (χ3v) is 7.60. The second-order valence-corrected chi connectivity index (χ2v) is 11.6. The first-order valence-corrected chi connectivity index (χ1v) is 16.7. The summed E-state index contributed by atoms with van der Waals surface area (Å²) in [6, 6.07) is 24.5. The minimum Gasteiger partial charge on any atom is -0.440 e. The Morgan fingerprint density at radius 2 is 1.18 bits per heavy atom. The molecule has 0 aliphatic heterocycles. The van der Waals surface area contributed by atoms with Gasteiger partial charge in [0.05, 0.1) is 11.4 Å². The van der Waals surface area contributed by atoms with Gasteiger partial charge in [-0.25, -0.2) is 9.97 Å². The van der Waals surface area contributed by atoms with Gasteiger partial charge < -0.3 is 18.9 Å². The van der Waals surface area contributed by atoms with E-state index in [9.17, 15) is 14.4 Å². The second kappa shape index (κ2) is 17.1. The number of carbonyl (C=O) groups is 3. The molecule has 0 bridgehead atoms. The predicted molar refractivity (Wildman–Crippen MR) is 184 cm³/mol. The van der Waals surface area contributed by atoms with Gasteiger partial charge in [-0.3, -0.25) is 18.8 Å². The summed E-state index contributed by atoms with van der Waals surface area (Å²) in [7, 11) is 0. The lowest BCUT2D eigenvalue weighted by Gasteiger charge is -2.12. The first kappa shape index (κ1) is 34.8. The normalized spacial score (nSPS) is 10.9. The van der Waals surface area contributed by atoms with Crippen LogP contribution in [-0.4, -0.2) is 39.1 Å². The molecular weight excluding hydrogens is 622 g/mol. The molecule has 10 heteroatoms. The van der Waals surface area contributed by atoms with E-state index in [2.05, 4.69) is 0 Å². The maximum Gasteiger partial charge on any atom is 0.311 e. The number of hydrogen-bond acceptors (Lipinski definition) is 9. The molecule has 0 atom stereocenters. The smallest absolute Gasteiger partial charge is 0.311 e. The van der Waals surface area contributed by atoms with Crippen molar-refractivity contribution in [1.82, 2.24) is 14.4 Å². The minimum atomic E-state index is -0.349. The predicted octanol–water partition coefficient (Wildman–Crippen LogP) is 7.67. The molecule has 0 fully saturated rings. The molecule has 0 N–H and O–H groups in total. The van der Waals surface area contributed by atoms with E-state index < -0.39 is 0 Å². The highest BCUT2D eigenvalue weighted by molar-refractivity contribution is 5.73. The fraction of sp³-hybridized carbons (Fsp3) is 0.308. The highest BCUT2D eigenvalue weighted by atomic mass is 16.7. The average molecular weight is 664 g/mol. The summed E-state index contributed by atoms with van der Waals surface area (Å²) in [5, 5.41) is 0. The van der Waals surface area contributed by atoms with Crippen molar-refractivity contribution in [2.45, 2.75) is 72.1 Å². The Balaban J connectivity index is 1.54. The number of hydrogen-bond donors (Lipinski definition) is 0. The third-order valence-electron chi connectivity index (χ3n) is 7.60. The van der Waals surface area contributed by atoms with Crippen LogP contribution < -0.4 is 14.2 Å². The molecular formula is C39H41N3O7. The maximum absolute atomic E-state index is 12.2. The molecule has 10 nitrogen and oxygen atoms in total. The van der Waals surface area contributed by atoms with Gasteiger partial charge in [0.25, 0.3) is 0 Å². The molecule has 0 saturated carbocycles. The summed E-state index contributed by atoms with van der Waals surface area (Å²) in [6.07, 6.45) is 5.81. The first-order chi connectivity index (χ1) is 23.9. The Bertz CT molecular complexity index is 1870. The first-order valence-electron chi connectivity index (χ1n) is 16.7.